The van der Waals surface area contributed by atoms with E-state index in [4.69, 9.17) is 15.2 Å². The first kappa shape index (κ1) is 40.8. The Morgan fingerprint density at radius 2 is 1.37 bits per heavy atom. The third kappa shape index (κ3) is 13.9. The van der Waals surface area contributed by atoms with Crippen LogP contribution < -0.4 is 16.4 Å². The first-order chi connectivity index (χ1) is 22.8. The lowest BCUT2D eigenvalue weighted by Crippen LogP contribution is -2.56. The average Bonchev–Trinajstić information content (AvgIpc) is 2.97. The summed E-state index contributed by atoms with van der Waals surface area (Å²) >= 11 is 0. The summed E-state index contributed by atoms with van der Waals surface area (Å²) in [7, 11) is 0. The zero-order chi connectivity index (χ0) is 36.9. The largest absolute Gasteiger partial charge is 0.458 e. The highest BCUT2D eigenvalue weighted by Gasteiger charge is 2.39. The molecule has 49 heavy (non-hydrogen) atoms. The van der Waals surface area contributed by atoms with Crippen molar-refractivity contribution in [2.45, 2.75) is 130 Å². The summed E-state index contributed by atoms with van der Waals surface area (Å²) in [5.41, 5.74) is 6.73. The molecule has 11 heteroatoms. The molecular weight excluding hydrogens is 624 g/mol. The molecule has 0 heterocycles. The molecule has 0 fully saturated rings. The molecule has 0 bridgehead atoms. The number of rotatable bonds is 16. The van der Waals surface area contributed by atoms with E-state index in [0.29, 0.717) is 12.0 Å². The molecule has 11 nitrogen and oxygen atoms in total. The SMILES string of the molecule is CCCCCCN(C(=O)C(CC(N)=O)NC(=O)OC(C)(C)C)C(C(=O)NC(Cc1ccccc1)C(=O)OC(C)(C)C)c1c(C)cccc1C. The average molecular weight is 681 g/mol. The Kier molecular flexibility index (Phi) is 15.3. The lowest BCUT2D eigenvalue weighted by molar-refractivity contribution is -0.159. The van der Waals surface area contributed by atoms with Crippen molar-refractivity contribution in [3.05, 3.63) is 70.8 Å². The topological polar surface area (TPSA) is 157 Å². The van der Waals surface area contributed by atoms with Gasteiger partial charge in [0.2, 0.25) is 17.7 Å². The second-order valence-corrected chi connectivity index (χ2v) is 14.5. The van der Waals surface area contributed by atoms with E-state index >= 15 is 0 Å². The minimum absolute atomic E-state index is 0.131. The Balaban J connectivity index is 2.71. The van der Waals surface area contributed by atoms with Crippen molar-refractivity contribution in [3.63, 3.8) is 0 Å². The number of esters is 1. The van der Waals surface area contributed by atoms with Gasteiger partial charge < -0.3 is 30.7 Å². The zero-order valence-corrected chi connectivity index (χ0v) is 30.7. The number of hydrogen-bond donors (Lipinski definition) is 3. The molecule has 0 aliphatic carbocycles. The number of carbonyl (C=O) groups is 5. The van der Waals surface area contributed by atoms with Crippen molar-refractivity contribution in [2.24, 2.45) is 5.73 Å². The molecule has 3 unspecified atom stereocenters. The van der Waals surface area contributed by atoms with Crippen molar-refractivity contribution in [2.75, 3.05) is 6.54 Å². The van der Waals surface area contributed by atoms with Crippen molar-refractivity contribution in [1.82, 2.24) is 15.5 Å². The Morgan fingerprint density at radius 3 is 1.90 bits per heavy atom. The molecule has 2 aromatic carbocycles. The molecule has 0 saturated heterocycles. The van der Waals surface area contributed by atoms with Gasteiger partial charge in [-0.1, -0.05) is 74.7 Å². The van der Waals surface area contributed by atoms with Crippen LogP contribution in [0.4, 0.5) is 4.79 Å². The van der Waals surface area contributed by atoms with Crippen LogP contribution in [-0.4, -0.2) is 64.5 Å². The van der Waals surface area contributed by atoms with E-state index in [1.54, 1.807) is 41.5 Å². The first-order valence-electron chi connectivity index (χ1n) is 17.0. The monoisotopic (exact) mass is 680 g/mol. The van der Waals surface area contributed by atoms with E-state index in [1.165, 1.54) is 4.90 Å². The molecule has 0 saturated carbocycles. The summed E-state index contributed by atoms with van der Waals surface area (Å²) in [4.78, 5) is 69.3. The van der Waals surface area contributed by atoms with Gasteiger partial charge in [-0.2, -0.15) is 0 Å². The molecule has 0 aliphatic heterocycles. The Hall–Kier alpha value is -4.41. The second kappa shape index (κ2) is 18.4. The van der Waals surface area contributed by atoms with Crippen LogP contribution >= 0.6 is 0 Å². The molecule has 0 radical (unpaired) electrons. The molecule has 0 spiro atoms. The molecule has 4 N–H and O–H groups in total. The maximum Gasteiger partial charge on any atom is 0.408 e. The number of alkyl carbamates (subject to hydrolysis) is 1. The van der Waals surface area contributed by atoms with Gasteiger partial charge in [0.25, 0.3) is 0 Å². The van der Waals surface area contributed by atoms with Crippen LogP contribution in [0.1, 0.15) is 109 Å². The van der Waals surface area contributed by atoms with Gasteiger partial charge in [0, 0.05) is 13.0 Å². The molecule has 2 rings (SSSR count). The summed E-state index contributed by atoms with van der Waals surface area (Å²) in [6.45, 7) is 16.2. The van der Waals surface area contributed by atoms with Gasteiger partial charge >= 0.3 is 12.1 Å². The maximum atomic E-state index is 14.7. The van der Waals surface area contributed by atoms with E-state index in [-0.39, 0.29) is 13.0 Å². The van der Waals surface area contributed by atoms with E-state index < -0.39 is 65.5 Å². The van der Waals surface area contributed by atoms with Gasteiger partial charge in [-0.3, -0.25) is 14.4 Å². The maximum absolute atomic E-state index is 14.7. The van der Waals surface area contributed by atoms with Crippen LogP contribution in [-0.2, 0) is 35.1 Å². The summed E-state index contributed by atoms with van der Waals surface area (Å²) in [5, 5.41) is 5.44. The number of hydrogen-bond acceptors (Lipinski definition) is 7. The normalized spacial score (nSPS) is 13.4. The lowest BCUT2D eigenvalue weighted by Gasteiger charge is -2.36. The van der Waals surface area contributed by atoms with Gasteiger partial charge in [0.1, 0.15) is 29.3 Å². The number of nitrogens with one attached hydrogen (secondary N) is 2. The van der Waals surface area contributed by atoms with E-state index in [0.717, 1.165) is 36.0 Å². The van der Waals surface area contributed by atoms with Crippen LogP contribution in [0.15, 0.2) is 48.5 Å². The Morgan fingerprint density at radius 1 is 0.776 bits per heavy atom. The number of aryl methyl sites for hydroxylation is 2. The summed E-state index contributed by atoms with van der Waals surface area (Å²) in [5.74, 6) is -2.73. The Bertz CT molecular complexity index is 1410. The molecule has 0 aliphatic rings. The summed E-state index contributed by atoms with van der Waals surface area (Å²) in [6, 6.07) is 11.1. The number of carbonyl (C=O) groups excluding carboxylic acids is 5. The van der Waals surface area contributed by atoms with Gasteiger partial charge in [-0.25, -0.2) is 9.59 Å². The molecule has 2 aromatic rings. The van der Waals surface area contributed by atoms with Gasteiger partial charge in [0.15, 0.2) is 0 Å². The predicted molar refractivity (Wildman–Crippen MR) is 189 cm³/mol. The van der Waals surface area contributed by atoms with Crippen LogP contribution in [0.5, 0.6) is 0 Å². The fourth-order valence-electron chi connectivity index (χ4n) is 5.48. The third-order valence-corrected chi connectivity index (χ3v) is 7.60. The summed E-state index contributed by atoms with van der Waals surface area (Å²) in [6.07, 6.45) is 1.89. The van der Waals surface area contributed by atoms with E-state index in [9.17, 15) is 24.0 Å². The highest BCUT2D eigenvalue weighted by molar-refractivity contribution is 5.96. The minimum atomic E-state index is -1.41. The van der Waals surface area contributed by atoms with Crippen LogP contribution in [0, 0.1) is 13.8 Å². The molecule has 0 aromatic heterocycles. The van der Waals surface area contributed by atoms with Crippen molar-refractivity contribution in [3.8, 4) is 0 Å². The van der Waals surface area contributed by atoms with Gasteiger partial charge in [-0.15, -0.1) is 0 Å². The summed E-state index contributed by atoms with van der Waals surface area (Å²) < 4.78 is 11.1. The number of amides is 4. The van der Waals surface area contributed by atoms with Crippen LogP contribution in [0.3, 0.4) is 0 Å². The van der Waals surface area contributed by atoms with E-state index in [1.807, 2.05) is 62.4 Å². The number of ether oxygens (including phenoxy) is 2. The lowest BCUT2D eigenvalue weighted by atomic mass is 9.92. The standard InChI is InChI=1S/C38H56N4O7/c1-10-11-12-16-22-42(34(45)28(24-30(39)43)41-36(47)49-38(7,8)9)32(31-25(2)18-17-19-26(31)3)33(44)40-29(35(46)48-37(4,5)6)23-27-20-14-13-15-21-27/h13-15,17-21,28-29,32H,10-12,16,22-24H2,1-9H3,(H2,39,43)(H,40,44)(H,41,47). The highest BCUT2D eigenvalue weighted by atomic mass is 16.6. The number of nitrogens with zero attached hydrogens (tertiary/aromatic N) is 1. The van der Waals surface area contributed by atoms with Crippen molar-refractivity contribution < 1.29 is 33.4 Å². The smallest absolute Gasteiger partial charge is 0.408 e. The van der Waals surface area contributed by atoms with Crippen molar-refractivity contribution in [1.29, 1.82) is 0 Å². The van der Waals surface area contributed by atoms with E-state index in [2.05, 4.69) is 17.6 Å². The molecule has 3 atom stereocenters. The van der Waals surface area contributed by atoms with Crippen LogP contribution in [0.2, 0.25) is 0 Å². The number of benzene rings is 2. The molecular formula is C38H56N4O7. The fourth-order valence-corrected chi connectivity index (χ4v) is 5.48. The minimum Gasteiger partial charge on any atom is -0.458 e. The third-order valence-electron chi connectivity index (χ3n) is 7.60. The fraction of sp³-hybridized carbons (Fsp3) is 0.553. The molecule has 4 amide bonds. The van der Waals surface area contributed by atoms with Gasteiger partial charge in [-0.05, 0) is 84.1 Å². The Labute approximate surface area is 291 Å². The van der Waals surface area contributed by atoms with Gasteiger partial charge in [0.05, 0.1) is 6.42 Å². The number of primary amides is 1. The first-order valence-corrected chi connectivity index (χ1v) is 17.0. The zero-order valence-electron chi connectivity index (χ0n) is 30.7. The highest BCUT2D eigenvalue weighted by Crippen LogP contribution is 2.30. The quantitative estimate of drug-likeness (QED) is 0.154. The second-order valence-electron chi connectivity index (χ2n) is 14.5. The number of unbranched alkanes of at least 4 members (excludes halogenated alkanes) is 3. The predicted octanol–water partition coefficient (Wildman–Crippen LogP) is 5.59. The number of nitrogens with two attached hydrogens (primary N) is 1. The molecule has 270 valence electrons. The van der Waals surface area contributed by atoms with Crippen LogP contribution in [0.25, 0.3) is 0 Å². The van der Waals surface area contributed by atoms with Crippen molar-refractivity contribution >= 4 is 29.8 Å².